The zero-order valence-corrected chi connectivity index (χ0v) is 11.5. The third-order valence-electron chi connectivity index (χ3n) is 3.01. The smallest absolute Gasteiger partial charge is 0.178 e. The van der Waals surface area contributed by atoms with Crippen LogP contribution in [-0.4, -0.2) is 20.2 Å². The van der Waals surface area contributed by atoms with Crippen LogP contribution in [0, 0.1) is 0 Å². The monoisotopic (exact) mass is 255 g/mol. The van der Waals surface area contributed by atoms with Crippen molar-refractivity contribution in [2.45, 2.75) is 44.0 Å². The largest absolute Gasteiger partial charge is 0.327 e. The Morgan fingerprint density at radius 3 is 2.35 bits per heavy atom. The van der Waals surface area contributed by atoms with Crippen molar-refractivity contribution in [3.63, 3.8) is 0 Å². The molecule has 3 nitrogen and oxygen atoms in total. The molecule has 4 heteroatoms. The average Bonchev–Trinajstić information content (AvgIpc) is 2.28. The van der Waals surface area contributed by atoms with Gasteiger partial charge in [-0.15, -0.1) is 0 Å². The molecule has 0 radical (unpaired) electrons. The van der Waals surface area contributed by atoms with E-state index in [-0.39, 0.29) is 17.7 Å². The van der Waals surface area contributed by atoms with Crippen LogP contribution in [0.5, 0.6) is 0 Å². The Morgan fingerprint density at radius 2 is 1.82 bits per heavy atom. The van der Waals surface area contributed by atoms with Crippen LogP contribution in [0.4, 0.5) is 0 Å². The van der Waals surface area contributed by atoms with Gasteiger partial charge in [-0.2, -0.15) is 0 Å². The molecule has 0 aliphatic carbocycles. The zero-order chi connectivity index (χ0) is 13.1. The Bertz CT molecular complexity index is 466. The predicted octanol–water partition coefficient (Wildman–Crippen LogP) is 2.32. The number of nitrogens with two attached hydrogens (primary N) is 1. The maximum atomic E-state index is 12.1. The Morgan fingerprint density at radius 1 is 1.24 bits per heavy atom. The standard InChI is InChI=1S/C13H21NO2S/c1-4-9-17(15,16)13-8-6-5-7-12(13)10(2)11(3)14/h5-8,10-11H,4,9,14H2,1-3H3. The quantitative estimate of drug-likeness (QED) is 0.878. The maximum absolute atomic E-state index is 12.1. The lowest BCUT2D eigenvalue weighted by Gasteiger charge is -2.19. The molecule has 0 bridgehead atoms. The van der Waals surface area contributed by atoms with Gasteiger partial charge in [-0.1, -0.05) is 32.0 Å². The second kappa shape index (κ2) is 5.65. The van der Waals surface area contributed by atoms with Crippen LogP contribution >= 0.6 is 0 Å². The molecule has 0 aromatic heterocycles. The maximum Gasteiger partial charge on any atom is 0.178 e. The molecular formula is C13H21NO2S. The van der Waals surface area contributed by atoms with Crippen molar-refractivity contribution in [1.29, 1.82) is 0 Å². The van der Waals surface area contributed by atoms with E-state index in [4.69, 9.17) is 5.73 Å². The highest BCUT2D eigenvalue weighted by Crippen LogP contribution is 2.26. The number of hydrogen-bond donors (Lipinski definition) is 1. The van der Waals surface area contributed by atoms with Gasteiger partial charge in [-0.25, -0.2) is 8.42 Å². The molecule has 0 heterocycles. The highest BCUT2D eigenvalue weighted by molar-refractivity contribution is 7.91. The van der Waals surface area contributed by atoms with Crippen molar-refractivity contribution in [3.8, 4) is 0 Å². The van der Waals surface area contributed by atoms with E-state index < -0.39 is 9.84 Å². The molecule has 17 heavy (non-hydrogen) atoms. The van der Waals surface area contributed by atoms with Gasteiger partial charge < -0.3 is 5.73 Å². The summed E-state index contributed by atoms with van der Waals surface area (Å²) in [4.78, 5) is 0.437. The molecular weight excluding hydrogens is 234 g/mol. The fourth-order valence-electron chi connectivity index (χ4n) is 1.80. The molecule has 2 atom stereocenters. The molecule has 2 N–H and O–H groups in total. The van der Waals surface area contributed by atoms with Crippen molar-refractivity contribution in [2.75, 3.05) is 5.75 Å². The van der Waals surface area contributed by atoms with Crippen LogP contribution in [0.2, 0.25) is 0 Å². The van der Waals surface area contributed by atoms with Crippen molar-refractivity contribution >= 4 is 9.84 Å². The fourth-order valence-corrected chi connectivity index (χ4v) is 3.46. The predicted molar refractivity (Wildman–Crippen MR) is 70.9 cm³/mol. The molecule has 96 valence electrons. The second-order valence-electron chi connectivity index (χ2n) is 4.50. The van der Waals surface area contributed by atoms with Crippen LogP contribution < -0.4 is 5.73 Å². The van der Waals surface area contributed by atoms with Gasteiger partial charge in [0, 0.05) is 6.04 Å². The third-order valence-corrected chi connectivity index (χ3v) is 4.99. The lowest BCUT2D eigenvalue weighted by atomic mass is 9.95. The highest BCUT2D eigenvalue weighted by Gasteiger charge is 2.21. The van der Waals surface area contributed by atoms with Crippen LogP contribution in [-0.2, 0) is 9.84 Å². The van der Waals surface area contributed by atoms with Crippen LogP contribution in [0.1, 0.15) is 38.7 Å². The van der Waals surface area contributed by atoms with Crippen molar-refractivity contribution in [2.24, 2.45) is 5.73 Å². The minimum absolute atomic E-state index is 0.0397. The third kappa shape index (κ3) is 3.30. The molecule has 1 aromatic carbocycles. The number of hydrogen-bond acceptors (Lipinski definition) is 3. The van der Waals surface area contributed by atoms with E-state index in [1.54, 1.807) is 12.1 Å². The van der Waals surface area contributed by atoms with Gasteiger partial charge in [0.05, 0.1) is 10.6 Å². The summed E-state index contributed by atoms with van der Waals surface area (Å²) in [5, 5.41) is 0. The normalized spacial score (nSPS) is 15.5. The summed E-state index contributed by atoms with van der Waals surface area (Å²) >= 11 is 0. The second-order valence-corrected chi connectivity index (χ2v) is 6.58. The van der Waals surface area contributed by atoms with E-state index in [2.05, 4.69) is 0 Å². The van der Waals surface area contributed by atoms with Crippen molar-refractivity contribution < 1.29 is 8.42 Å². The van der Waals surface area contributed by atoms with E-state index >= 15 is 0 Å². The van der Waals surface area contributed by atoms with Crippen LogP contribution in [0.25, 0.3) is 0 Å². The van der Waals surface area contributed by atoms with E-state index in [0.717, 1.165) is 5.56 Å². The van der Waals surface area contributed by atoms with Gasteiger partial charge in [0.25, 0.3) is 0 Å². The molecule has 0 amide bonds. The summed E-state index contributed by atoms with van der Waals surface area (Å²) in [6.45, 7) is 5.73. The van der Waals surface area contributed by atoms with Gasteiger partial charge in [0.2, 0.25) is 0 Å². The first-order valence-electron chi connectivity index (χ1n) is 5.97. The van der Waals surface area contributed by atoms with Crippen LogP contribution in [0.3, 0.4) is 0 Å². The highest BCUT2D eigenvalue weighted by atomic mass is 32.2. The molecule has 0 aliphatic rings. The van der Waals surface area contributed by atoms with Gasteiger partial charge in [0.15, 0.2) is 9.84 Å². The Balaban J connectivity index is 3.26. The Labute approximate surface area is 104 Å². The molecule has 0 spiro atoms. The number of sulfone groups is 1. The van der Waals surface area contributed by atoms with Gasteiger partial charge >= 0.3 is 0 Å². The van der Waals surface area contributed by atoms with E-state index in [0.29, 0.717) is 11.3 Å². The van der Waals surface area contributed by atoms with Gasteiger partial charge in [0.1, 0.15) is 0 Å². The lowest BCUT2D eigenvalue weighted by molar-refractivity contribution is 0.580. The van der Waals surface area contributed by atoms with E-state index in [1.807, 2.05) is 32.9 Å². The molecule has 1 rings (SSSR count). The van der Waals surface area contributed by atoms with Crippen molar-refractivity contribution in [1.82, 2.24) is 0 Å². The topological polar surface area (TPSA) is 60.2 Å². The molecule has 2 unspecified atom stereocenters. The number of benzene rings is 1. The first-order valence-corrected chi connectivity index (χ1v) is 7.62. The minimum atomic E-state index is -3.18. The Hall–Kier alpha value is -0.870. The fraction of sp³-hybridized carbons (Fsp3) is 0.538. The SMILES string of the molecule is CCCS(=O)(=O)c1ccccc1C(C)C(C)N. The van der Waals surface area contributed by atoms with E-state index in [9.17, 15) is 8.42 Å². The zero-order valence-electron chi connectivity index (χ0n) is 10.7. The first kappa shape index (κ1) is 14.2. The lowest BCUT2D eigenvalue weighted by Crippen LogP contribution is -2.24. The minimum Gasteiger partial charge on any atom is -0.327 e. The number of rotatable bonds is 5. The summed E-state index contributed by atoms with van der Waals surface area (Å²) in [5.74, 6) is 0.230. The Kier molecular flexibility index (Phi) is 4.71. The molecule has 0 saturated heterocycles. The van der Waals surface area contributed by atoms with Gasteiger partial charge in [-0.05, 0) is 30.9 Å². The van der Waals surface area contributed by atoms with Gasteiger partial charge in [-0.3, -0.25) is 0 Å². The summed E-state index contributed by atoms with van der Waals surface area (Å²) in [6, 6.07) is 7.10. The van der Waals surface area contributed by atoms with Crippen LogP contribution in [0.15, 0.2) is 29.2 Å². The first-order chi connectivity index (χ1) is 7.90. The summed E-state index contributed by atoms with van der Waals surface area (Å²) in [7, 11) is -3.18. The molecule has 0 saturated carbocycles. The summed E-state index contributed by atoms with van der Waals surface area (Å²) in [5.41, 5.74) is 6.69. The summed E-state index contributed by atoms with van der Waals surface area (Å²) in [6.07, 6.45) is 0.628. The average molecular weight is 255 g/mol. The molecule has 1 aromatic rings. The molecule has 0 aliphatic heterocycles. The summed E-state index contributed by atoms with van der Waals surface area (Å²) < 4.78 is 24.3. The van der Waals surface area contributed by atoms with Crippen molar-refractivity contribution in [3.05, 3.63) is 29.8 Å². The van der Waals surface area contributed by atoms with E-state index in [1.165, 1.54) is 0 Å². The molecule has 0 fully saturated rings.